The molecule has 180 valence electrons. The van der Waals surface area contributed by atoms with Crippen LogP contribution >= 0.6 is 0 Å². The monoisotopic (exact) mass is 470 g/mol. The van der Waals surface area contributed by atoms with Crippen molar-refractivity contribution in [2.24, 2.45) is 0 Å². The number of carbonyl (C=O) groups excluding carboxylic acids is 1. The second-order valence-electron chi connectivity index (χ2n) is 9.63. The zero-order valence-corrected chi connectivity index (χ0v) is 20.0. The summed E-state index contributed by atoms with van der Waals surface area (Å²) in [4.78, 5) is 22.0. The lowest BCUT2D eigenvalue weighted by molar-refractivity contribution is 0.160. The van der Waals surface area contributed by atoms with E-state index in [1.54, 1.807) is 0 Å². The fourth-order valence-electron chi connectivity index (χ4n) is 5.32. The van der Waals surface area contributed by atoms with Crippen LogP contribution < -0.4 is 5.32 Å². The first-order valence-electron chi connectivity index (χ1n) is 12.4. The van der Waals surface area contributed by atoms with Crippen LogP contribution in [0.2, 0.25) is 0 Å². The zero-order valence-electron chi connectivity index (χ0n) is 20.0. The van der Waals surface area contributed by atoms with Crippen LogP contribution in [0.5, 0.6) is 0 Å². The number of H-pyrrole nitrogens is 1. The number of likely N-dealkylation sites (tertiary alicyclic amines) is 1. The van der Waals surface area contributed by atoms with Crippen molar-refractivity contribution in [3.8, 4) is 11.3 Å². The number of hydrogen-bond acceptors (Lipinski definition) is 5. The van der Waals surface area contributed by atoms with Gasteiger partial charge in [-0.2, -0.15) is 5.10 Å². The fraction of sp³-hybridized carbons (Fsp3) is 0.370. The Morgan fingerprint density at radius 3 is 2.97 bits per heavy atom. The van der Waals surface area contributed by atoms with Crippen molar-refractivity contribution in [3.05, 3.63) is 71.2 Å². The molecule has 2 aliphatic rings. The first-order chi connectivity index (χ1) is 17.1. The second kappa shape index (κ2) is 9.19. The highest BCUT2D eigenvalue weighted by molar-refractivity contribution is 5.81. The summed E-state index contributed by atoms with van der Waals surface area (Å²) < 4.78 is 5.61. The Kier molecular flexibility index (Phi) is 5.74. The summed E-state index contributed by atoms with van der Waals surface area (Å²) in [5.74, 6) is 0.647. The van der Waals surface area contributed by atoms with Gasteiger partial charge in [0.2, 0.25) is 0 Å². The summed E-state index contributed by atoms with van der Waals surface area (Å²) >= 11 is 0. The Morgan fingerprint density at radius 1 is 1.20 bits per heavy atom. The first-order valence-corrected chi connectivity index (χ1v) is 12.4. The molecular formula is C27H30N6O2. The number of oxazole rings is 1. The van der Waals surface area contributed by atoms with Crippen molar-refractivity contribution in [2.75, 3.05) is 19.6 Å². The van der Waals surface area contributed by atoms with E-state index in [-0.39, 0.29) is 12.1 Å². The van der Waals surface area contributed by atoms with Crippen molar-refractivity contribution in [1.82, 2.24) is 30.3 Å². The van der Waals surface area contributed by atoms with E-state index >= 15 is 0 Å². The quantitative estimate of drug-likeness (QED) is 0.465. The molecule has 2 amide bonds. The van der Waals surface area contributed by atoms with E-state index in [0.29, 0.717) is 19.0 Å². The predicted molar refractivity (Wildman–Crippen MR) is 134 cm³/mol. The molecule has 2 N–H and O–H groups in total. The summed E-state index contributed by atoms with van der Waals surface area (Å²) in [7, 11) is 0. The van der Waals surface area contributed by atoms with Gasteiger partial charge in [0.1, 0.15) is 5.52 Å². The van der Waals surface area contributed by atoms with Gasteiger partial charge in [-0.25, -0.2) is 9.78 Å². The van der Waals surface area contributed by atoms with Gasteiger partial charge in [-0.15, -0.1) is 0 Å². The molecule has 6 rings (SSSR count). The average molecular weight is 471 g/mol. The third-order valence-electron chi connectivity index (χ3n) is 7.07. The Bertz CT molecular complexity index is 1340. The molecule has 2 aromatic carbocycles. The van der Waals surface area contributed by atoms with E-state index < -0.39 is 0 Å². The number of nitrogens with one attached hydrogen (secondary N) is 2. The molecule has 35 heavy (non-hydrogen) atoms. The second-order valence-corrected chi connectivity index (χ2v) is 9.63. The van der Waals surface area contributed by atoms with Gasteiger partial charge in [-0.1, -0.05) is 30.3 Å². The van der Waals surface area contributed by atoms with Crippen LogP contribution in [0.25, 0.3) is 22.4 Å². The number of amides is 2. The van der Waals surface area contributed by atoms with Crippen LogP contribution in [-0.4, -0.2) is 56.7 Å². The highest BCUT2D eigenvalue weighted by Gasteiger charge is 2.28. The largest absolute Gasteiger partial charge is 0.441 e. The number of rotatable bonds is 4. The van der Waals surface area contributed by atoms with Crippen molar-refractivity contribution in [1.29, 1.82) is 0 Å². The first kappa shape index (κ1) is 21.9. The molecule has 8 nitrogen and oxygen atoms in total. The number of aromatic nitrogens is 3. The lowest BCUT2D eigenvalue weighted by Gasteiger charge is -2.35. The van der Waals surface area contributed by atoms with E-state index in [0.717, 1.165) is 72.5 Å². The van der Waals surface area contributed by atoms with Crippen LogP contribution in [0.15, 0.2) is 52.9 Å². The number of aromatic amines is 1. The number of benzene rings is 2. The molecule has 1 fully saturated rings. The minimum absolute atomic E-state index is 0.0111. The Labute approximate surface area is 204 Å². The molecule has 0 unspecified atom stereocenters. The highest BCUT2D eigenvalue weighted by Crippen LogP contribution is 2.30. The number of nitrogens with zero attached hydrogens (tertiary/aromatic N) is 4. The van der Waals surface area contributed by atoms with Gasteiger partial charge in [0.25, 0.3) is 0 Å². The Hall–Kier alpha value is -3.65. The molecule has 0 radical (unpaired) electrons. The number of carbonyl (C=O) groups is 1. The lowest BCUT2D eigenvalue weighted by Crippen LogP contribution is -2.52. The molecule has 2 aromatic heterocycles. The lowest BCUT2D eigenvalue weighted by atomic mass is 10.0. The maximum atomic E-state index is 13.2. The third kappa shape index (κ3) is 4.53. The smallest absolute Gasteiger partial charge is 0.317 e. The Morgan fingerprint density at radius 2 is 2.09 bits per heavy atom. The van der Waals surface area contributed by atoms with E-state index in [9.17, 15) is 4.79 Å². The Balaban J connectivity index is 1.13. The van der Waals surface area contributed by atoms with E-state index in [2.05, 4.69) is 49.7 Å². The molecule has 0 spiro atoms. The minimum Gasteiger partial charge on any atom is -0.441 e. The van der Waals surface area contributed by atoms with Crippen LogP contribution in [0.3, 0.4) is 0 Å². The van der Waals surface area contributed by atoms with Crippen molar-refractivity contribution < 1.29 is 9.21 Å². The number of piperidine rings is 1. The summed E-state index contributed by atoms with van der Waals surface area (Å²) in [6.45, 7) is 5.95. The number of urea groups is 1. The van der Waals surface area contributed by atoms with Crippen molar-refractivity contribution >= 4 is 17.1 Å². The average Bonchev–Trinajstić information content (AvgIpc) is 3.46. The minimum atomic E-state index is 0.0111. The fourth-order valence-corrected chi connectivity index (χ4v) is 5.32. The normalized spacial score (nSPS) is 18.5. The van der Waals surface area contributed by atoms with Crippen LogP contribution in [0.1, 0.15) is 35.6 Å². The molecule has 1 saturated heterocycles. The van der Waals surface area contributed by atoms with Gasteiger partial charge < -0.3 is 14.6 Å². The molecule has 4 heterocycles. The standard InChI is InChI=1S/C27H30N6O2/c1-18-28-24-14-20(9-10-25(24)35-18)26-22-17-33(13-11-23(22)30-31-26)27(34)29-21-8-5-12-32(16-21)15-19-6-3-2-4-7-19/h2-4,6-7,9-10,14,21H,5,8,11-13,15-17H2,1H3,(H,29,34)(H,30,31)/t21-/m1/s1. The maximum absolute atomic E-state index is 13.2. The van der Waals surface area contributed by atoms with Crippen molar-refractivity contribution in [2.45, 2.75) is 45.3 Å². The van der Waals surface area contributed by atoms with Crippen LogP contribution in [-0.2, 0) is 19.5 Å². The number of fused-ring (bicyclic) bond motifs is 2. The summed E-state index contributed by atoms with van der Waals surface area (Å²) in [6.07, 6.45) is 2.88. The summed E-state index contributed by atoms with van der Waals surface area (Å²) in [5, 5.41) is 11.1. The third-order valence-corrected chi connectivity index (χ3v) is 7.07. The van der Waals surface area contributed by atoms with E-state index in [4.69, 9.17) is 4.42 Å². The predicted octanol–water partition coefficient (Wildman–Crippen LogP) is 4.26. The topological polar surface area (TPSA) is 90.3 Å². The van der Waals surface area contributed by atoms with Crippen LogP contribution in [0.4, 0.5) is 4.79 Å². The molecule has 4 aromatic rings. The van der Waals surface area contributed by atoms with Crippen molar-refractivity contribution in [3.63, 3.8) is 0 Å². The molecule has 2 aliphatic heterocycles. The molecule has 8 heteroatoms. The van der Waals surface area contributed by atoms with Gasteiger partial charge in [0.05, 0.1) is 12.2 Å². The zero-order chi connectivity index (χ0) is 23.8. The van der Waals surface area contributed by atoms with Gasteiger partial charge in [-0.05, 0) is 43.1 Å². The van der Waals surface area contributed by atoms with E-state index in [1.807, 2.05) is 36.1 Å². The number of aryl methyl sites for hydroxylation is 1. The maximum Gasteiger partial charge on any atom is 0.317 e. The highest BCUT2D eigenvalue weighted by atomic mass is 16.3. The van der Waals surface area contributed by atoms with Crippen LogP contribution in [0, 0.1) is 6.92 Å². The molecule has 0 bridgehead atoms. The summed E-state index contributed by atoms with van der Waals surface area (Å²) in [5.41, 5.74) is 6.95. The van der Waals surface area contributed by atoms with Gasteiger partial charge >= 0.3 is 6.03 Å². The molecule has 0 aliphatic carbocycles. The van der Waals surface area contributed by atoms with E-state index in [1.165, 1.54) is 5.56 Å². The molecular weight excluding hydrogens is 440 g/mol. The van der Waals surface area contributed by atoms with Gasteiger partial charge in [0.15, 0.2) is 11.5 Å². The summed E-state index contributed by atoms with van der Waals surface area (Å²) in [6, 6.07) is 16.7. The SMILES string of the molecule is Cc1nc2cc(-c3n[nH]c4c3CN(C(=O)N[C@@H]3CCCN(Cc5ccccc5)C3)CC4)ccc2o1. The molecule has 0 saturated carbocycles. The van der Waals surface area contributed by atoms with Gasteiger partial charge in [0, 0.05) is 55.8 Å². The molecule has 1 atom stereocenters. The number of hydrogen-bond donors (Lipinski definition) is 2. The van der Waals surface area contributed by atoms with Gasteiger partial charge in [-0.3, -0.25) is 10.00 Å².